The van der Waals surface area contributed by atoms with Gasteiger partial charge in [0.2, 0.25) is 0 Å². The third-order valence-electron chi connectivity index (χ3n) is 2.10. The number of carbonyl (C=O) groups is 1. The molecule has 0 heterocycles. The van der Waals surface area contributed by atoms with Gasteiger partial charge < -0.3 is 5.11 Å². The van der Waals surface area contributed by atoms with Crippen molar-refractivity contribution in [3.05, 3.63) is 11.1 Å². The molecule has 0 aliphatic heterocycles. The topological polar surface area (TPSA) is 37.3 Å². The second-order valence-electron chi connectivity index (χ2n) is 3.21. The fraction of sp³-hybridized carbons (Fsp3) is 0.625. The first-order valence-electron chi connectivity index (χ1n) is 3.59. The highest BCUT2D eigenvalue weighted by Gasteiger charge is 2.40. The van der Waals surface area contributed by atoms with E-state index in [1.54, 1.807) is 0 Å². The van der Waals surface area contributed by atoms with Crippen LogP contribution in [-0.2, 0) is 4.79 Å². The van der Waals surface area contributed by atoms with Crippen LogP contribution in [-0.4, -0.2) is 16.5 Å². The highest BCUT2D eigenvalue weighted by atomic mass is 35.5. The molecule has 0 saturated carbocycles. The second kappa shape index (κ2) is 2.61. The molecule has 1 aliphatic rings. The number of aliphatic hydroxyl groups is 1. The van der Waals surface area contributed by atoms with Gasteiger partial charge >= 0.3 is 0 Å². The van der Waals surface area contributed by atoms with Crippen LogP contribution >= 0.6 is 11.6 Å². The summed E-state index contributed by atoms with van der Waals surface area (Å²) in [7, 11) is 0. The summed E-state index contributed by atoms with van der Waals surface area (Å²) in [5, 5.41) is 10.1. The summed E-state index contributed by atoms with van der Waals surface area (Å²) in [6, 6.07) is 0. The van der Waals surface area contributed by atoms with Crippen LogP contribution in [0.1, 0.15) is 20.3 Å². The fourth-order valence-electron chi connectivity index (χ4n) is 1.15. The van der Waals surface area contributed by atoms with Crippen LogP contribution in [0.5, 0.6) is 0 Å². The maximum absolute atomic E-state index is 10.9. The van der Waals surface area contributed by atoms with E-state index in [4.69, 9.17) is 11.6 Å². The van der Waals surface area contributed by atoms with E-state index in [-0.39, 0.29) is 23.2 Å². The van der Waals surface area contributed by atoms with Gasteiger partial charge in [-0.15, -0.1) is 0 Å². The van der Waals surface area contributed by atoms with Gasteiger partial charge in [0, 0.05) is 6.42 Å². The van der Waals surface area contributed by atoms with Crippen LogP contribution in [0.25, 0.3) is 0 Å². The Morgan fingerprint density at radius 1 is 1.73 bits per heavy atom. The van der Waals surface area contributed by atoms with E-state index >= 15 is 0 Å². The minimum Gasteiger partial charge on any atom is -0.383 e. The molecule has 11 heavy (non-hydrogen) atoms. The van der Waals surface area contributed by atoms with E-state index in [2.05, 4.69) is 0 Å². The van der Waals surface area contributed by atoms with E-state index in [0.717, 1.165) is 0 Å². The van der Waals surface area contributed by atoms with E-state index in [1.807, 2.05) is 13.8 Å². The number of rotatable bonds is 1. The molecule has 1 aliphatic carbocycles. The number of hydrogen-bond acceptors (Lipinski definition) is 2. The maximum atomic E-state index is 10.9. The molecule has 0 bridgehead atoms. The zero-order chi connectivity index (χ0) is 8.65. The molecule has 1 unspecified atom stereocenters. The summed E-state index contributed by atoms with van der Waals surface area (Å²) in [4.78, 5) is 10.9. The zero-order valence-electron chi connectivity index (χ0n) is 6.60. The van der Waals surface area contributed by atoms with E-state index in [9.17, 15) is 9.90 Å². The number of hydrogen-bond donors (Lipinski definition) is 1. The van der Waals surface area contributed by atoms with Gasteiger partial charge in [-0.2, -0.15) is 0 Å². The lowest BCUT2D eigenvalue weighted by molar-refractivity contribution is -0.117. The molecule has 1 rings (SSSR count). The van der Waals surface area contributed by atoms with Gasteiger partial charge in [0.25, 0.3) is 0 Å². The Bertz CT molecular complexity index is 220. The number of carbonyl (C=O) groups excluding carboxylic acids is 1. The van der Waals surface area contributed by atoms with Gasteiger partial charge in [-0.3, -0.25) is 4.79 Å². The van der Waals surface area contributed by atoms with Crippen LogP contribution in [0.2, 0.25) is 0 Å². The van der Waals surface area contributed by atoms with Crippen molar-refractivity contribution in [3.8, 4) is 0 Å². The van der Waals surface area contributed by atoms with Crippen molar-refractivity contribution in [2.75, 3.05) is 0 Å². The Morgan fingerprint density at radius 3 is 2.45 bits per heavy atom. The number of halogens is 1. The van der Waals surface area contributed by atoms with Gasteiger partial charge in [0.05, 0.1) is 5.03 Å². The summed E-state index contributed by atoms with van der Waals surface area (Å²) in [6.45, 7) is 3.68. The monoisotopic (exact) mass is 174 g/mol. The number of ketones is 1. The average Bonchev–Trinajstić information content (AvgIpc) is 2.08. The SMILES string of the molecule is CC(C)C1(O)CC(=O)C=C1Cl. The molecular weight excluding hydrogens is 164 g/mol. The van der Waals surface area contributed by atoms with Gasteiger partial charge in [-0.05, 0) is 12.0 Å². The van der Waals surface area contributed by atoms with Crippen molar-refractivity contribution in [1.82, 2.24) is 0 Å². The molecule has 0 aromatic carbocycles. The van der Waals surface area contributed by atoms with Crippen LogP contribution in [0.4, 0.5) is 0 Å². The molecule has 2 nitrogen and oxygen atoms in total. The Hall–Kier alpha value is -0.340. The van der Waals surface area contributed by atoms with Gasteiger partial charge in [0.1, 0.15) is 5.60 Å². The molecule has 1 N–H and O–H groups in total. The van der Waals surface area contributed by atoms with Crippen LogP contribution < -0.4 is 0 Å². The quantitative estimate of drug-likeness (QED) is 0.654. The van der Waals surface area contributed by atoms with E-state index in [0.29, 0.717) is 0 Å². The first-order valence-corrected chi connectivity index (χ1v) is 3.97. The number of allylic oxidation sites excluding steroid dienone is 1. The molecule has 0 saturated heterocycles. The molecule has 0 spiro atoms. The second-order valence-corrected chi connectivity index (χ2v) is 3.62. The summed E-state index contributed by atoms with van der Waals surface area (Å²) in [5.74, 6) is -0.107. The van der Waals surface area contributed by atoms with Crippen molar-refractivity contribution in [3.63, 3.8) is 0 Å². The molecule has 0 aromatic rings. The lowest BCUT2D eigenvalue weighted by Gasteiger charge is -2.26. The third kappa shape index (κ3) is 1.33. The van der Waals surface area contributed by atoms with Crippen LogP contribution in [0.3, 0.4) is 0 Å². The maximum Gasteiger partial charge on any atom is 0.160 e. The molecule has 62 valence electrons. The molecule has 0 aromatic heterocycles. The van der Waals surface area contributed by atoms with Crippen LogP contribution in [0.15, 0.2) is 11.1 Å². The van der Waals surface area contributed by atoms with Crippen molar-refractivity contribution in [2.24, 2.45) is 5.92 Å². The molecule has 0 amide bonds. The zero-order valence-corrected chi connectivity index (χ0v) is 7.35. The van der Waals surface area contributed by atoms with Gasteiger partial charge in [-0.25, -0.2) is 0 Å². The van der Waals surface area contributed by atoms with Crippen LogP contribution in [0, 0.1) is 5.92 Å². The predicted octanol–water partition coefficient (Wildman–Crippen LogP) is 1.47. The lowest BCUT2D eigenvalue weighted by Crippen LogP contribution is -2.33. The third-order valence-corrected chi connectivity index (χ3v) is 2.54. The Labute approximate surface area is 70.9 Å². The molecule has 1 atom stereocenters. The minimum atomic E-state index is -1.10. The molecular formula is C8H11ClO2. The Kier molecular flexibility index (Phi) is 2.08. The first-order chi connectivity index (χ1) is 4.97. The van der Waals surface area contributed by atoms with Gasteiger partial charge in [-0.1, -0.05) is 25.4 Å². The summed E-state index contributed by atoms with van der Waals surface area (Å²) in [5.41, 5.74) is -1.10. The van der Waals surface area contributed by atoms with E-state index in [1.165, 1.54) is 6.08 Å². The fourth-order valence-corrected chi connectivity index (χ4v) is 1.55. The standard InChI is InChI=1S/C8H11ClO2/c1-5(2)8(11)4-6(10)3-7(8)9/h3,5,11H,4H2,1-2H3. The first kappa shape index (κ1) is 8.75. The lowest BCUT2D eigenvalue weighted by atomic mass is 9.90. The normalized spacial score (nSPS) is 31.4. The van der Waals surface area contributed by atoms with Crippen molar-refractivity contribution in [1.29, 1.82) is 0 Å². The van der Waals surface area contributed by atoms with Crippen molar-refractivity contribution < 1.29 is 9.90 Å². The van der Waals surface area contributed by atoms with E-state index < -0.39 is 5.60 Å². The summed E-state index contributed by atoms with van der Waals surface area (Å²) < 4.78 is 0. The summed E-state index contributed by atoms with van der Waals surface area (Å²) in [6.07, 6.45) is 1.44. The highest BCUT2D eigenvalue weighted by molar-refractivity contribution is 6.33. The van der Waals surface area contributed by atoms with Gasteiger partial charge in [0.15, 0.2) is 5.78 Å². The molecule has 0 fully saturated rings. The average molecular weight is 175 g/mol. The highest BCUT2D eigenvalue weighted by Crippen LogP contribution is 2.36. The Morgan fingerprint density at radius 2 is 2.27 bits per heavy atom. The molecule has 3 heteroatoms. The Balaban J connectivity index is 2.92. The minimum absolute atomic E-state index is 0.0160. The predicted molar refractivity (Wildman–Crippen MR) is 43.3 cm³/mol. The largest absolute Gasteiger partial charge is 0.383 e. The van der Waals surface area contributed by atoms with Crippen molar-refractivity contribution >= 4 is 17.4 Å². The smallest absolute Gasteiger partial charge is 0.160 e. The van der Waals surface area contributed by atoms with Crippen molar-refractivity contribution in [2.45, 2.75) is 25.9 Å². The molecule has 0 radical (unpaired) electrons. The summed E-state index contributed by atoms with van der Waals surface area (Å²) >= 11 is 5.70.